The van der Waals surface area contributed by atoms with E-state index in [-0.39, 0.29) is 5.91 Å². The van der Waals surface area contributed by atoms with Crippen LogP contribution in [-0.2, 0) is 0 Å². The molecule has 0 bridgehead atoms. The highest BCUT2D eigenvalue weighted by molar-refractivity contribution is 6.03. The van der Waals surface area contributed by atoms with Crippen molar-refractivity contribution in [2.75, 3.05) is 43.4 Å². The van der Waals surface area contributed by atoms with Gasteiger partial charge in [-0.2, -0.15) is 4.98 Å². The molecule has 0 atom stereocenters. The van der Waals surface area contributed by atoms with Gasteiger partial charge in [0.1, 0.15) is 0 Å². The molecule has 8 heteroatoms. The number of nitrogens with zero attached hydrogens (tertiary/aromatic N) is 6. The van der Waals surface area contributed by atoms with Gasteiger partial charge in [0.15, 0.2) is 5.65 Å². The molecule has 25 heavy (non-hydrogen) atoms. The second kappa shape index (κ2) is 6.48. The lowest BCUT2D eigenvalue weighted by molar-refractivity contribution is 0.102. The minimum Gasteiger partial charge on any atom is -0.366 e. The third-order valence-electron chi connectivity index (χ3n) is 4.35. The van der Waals surface area contributed by atoms with Gasteiger partial charge in [-0.1, -0.05) is 0 Å². The lowest BCUT2D eigenvalue weighted by atomic mass is 10.2. The van der Waals surface area contributed by atoms with Crippen molar-refractivity contribution in [2.24, 2.45) is 0 Å². The number of carbonyl (C=O) groups is 1. The van der Waals surface area contributed by atoms with Gasteiger partial charge in [0.25, 0.3) is 5.91 Å². The van der Waals surface area contributed by atoms with Crippen LogP contribution >= 0.6 is 0 Å². The maximum atomic E-state index is 12.3. The minimum absolute atomic E-state index is 0.251. The summed E-state index contributed by atoms with van der Waals surface area (Å²) in [6.45, 7) is 3.92. The van der Waals surface area contributed by atoms with Gasteiger partial charge < -0.3 is 9.80 Å². The predicted molar refractivity (Wildman–Crippen MR) is 94.9 cm³/mol. The van der Waals surface area contributed by atoms with E-state index in [1.165, 1.54) is 0 Å². The Morgan fingerprint density at radius 2 is 1.88 bits per heavy atom. The molecule has 1 aliphatic heterocycles. The van der Waals surface area contributed by atoms with Gasteiger partial charge in [0.2, 0.25) is 5.95 Å². The molecular formula is C17H19N7O. The maximum Gasteiger partial charge on any atom is 0.258 e. The van der Waals surface area contributed by atoms with Crippen LogP contribution in [0.2, 0.25) is 0 Å². The molecule has 1 amide bonds. The SMILES string of the molecule is CN1CCN(c2cccn3nc(NC(=O)c4ccncc4)nc23)CC1. The summed E-state index contributed by atoms with van der Waals surface area (Å²) in [5.41, 5.74) is 2.30. The van der Waals surface area contributed by atoms with Crippen LogP contribution in [-0.4, -0.2) is 63.6 Å². The van der Waals surface area contributed by atoms with E-state index >= 15 is 0 Å². The average molecular weight is 337 g/mol. The zero-order chi connectivity index (χ0) is 17.2. The van der Waals surface area contributed by atoms with Gasteiger partial charge in [0.05, 0.1) is 5.69 Å². The molecule has 0 unspecified atom stereocenters. The van der Waals surface area contributed by atoms with E-state index in [0.717, 1.165) is 37.5 Å². The summed E-state index contributed by atoms with van der Waals surface area (Å²) < 4.78 is 1.70. The summed E-state index contributed by atoms with van der Waals surface area (Å²) >= 11 is 0. The Labute approximate surface area is 145 Å². The lowest BCUT2D eigenvalue weighted by Gasteiger charge is -2.33. The zero-order valence-corrected chi connectivity index (χ0v) is 14.0. The fraction of sp³-hybridized carbons (Fsp3) is 0.294. The highest BCUT2D eigenvalue weighted by Gasteiger charge is 2.19. The molecule has 0 aliphatic carbocycles. The van der Waals surface area contributed by atoms with E-state index in [2.05, 4.69) is 37.2 Å². The third-order valence-corrected chi connectivity index (χ3v) is 4.35. The molecule has 0 saturated carbocycles. The molecular weight excluding hydrogens is 318 g/mol. The summed E-state index contributed by atoms with van der Waals surface area (Å²) in [7, 11) is 2.13. The molecule has 4 rings (SSSR count). The van der Waals surface area contributed by atoms with Crippen molar-refractivity contribution in [2.45, 2.75) is 0 Å². The summed E-state index contributed by atoms with van der Waals surface area (Å²) in [5, 5.41) is 7.12. The number of pyridine rings is 2. The van der Waals surface area contributed by atoms with E-state index < -0.39 is 0 Å². The number of carbonyl (C=O) groups excluding carboxylic acids is 1. The van der Waals surface area contributed by atoms with Gasteiger partial charge in [0, 0.05) is 50.3 Å². The molecule has 8 nitrogen and oxygen atoms in total. The van der Waals surface area contributed by atoms with E-state index in [0.29, 0.717) is 11.5 Å². The number of piperazine rings is 1. The maximum absolute atomic E-state index is 12.3. The van der Waals surface area contributed by atoms with Crippen LogP contribution in [0.4, 0.5) is 11.6 Å². The standard InChI is InChI=1S/C17H19N7O/c1-22-9-11-23(12-10-22)14-3-2-8-24-15(14)19-17(21-24)20-16(25)13-4-6-18-7-5-13/h2-8H,9-12H2,1H3,(H,20,21,25). The second-order valence-electron chi connectivity index (χ2n) is 6.08. The van der Waals surface area contributed by atoms with Crippen molar-refractivity contribution in [1.82, 2.24) is 24.5 Å². The summed E-state index contributed by atoms with van der Waals surface area (Å²) in [4.78, 5) is 25.3. The molecule has 128 valence electrons. The molecule has 0 aromatic carbocycles. The Hall–Kier alpha value is -3.00. The lowest BCUT2D eigenvalue weighted by Crippen LogP contribution is -2.44. The Balaban J connectivity index is 1.60. The van der Waals surface area contributed by atoms with Crippen LogP contribution < -0.4 is 10.2 Å². The molecule has 0 radical (unpaired) electrons. The zero-order valence-electron chi connectivity index (χ0n) is 14.0. The normalized spacial score (nSPS) is 15.5. The van der Waals surface area contributed by atoms with E-state index in [1.54, 1.807) is 29.0 Å². The van der Waals surface area contributed by atoms with Gasteiger partial charge in [-0.15, -0.1) is 5.10 Å². The van der Waals surface area contributed by atoms with Gasteiger partial charge in [-0.3, -0.25) is 15.1 Å². The Bertz CT molecular complexity index is 884. The Morgan fingerprint density at radius 1 is 1.12 bits per heavy atom. The number of rotatable bonds is 3. The summed E-state index contributed by atoms with van der Waals surface area (Å²) in [6, 6.07) is 7.30. The van der Waals surface area contributed by atoms with Crippen LogP contribution in [0.3, 0.4) is 0 Å². The smallest absolute Gasteiger partial charge is 0.258 e. The van der Waals surface area contributed by atoms with Gasteiger partial charge >= 0.3 is 0 Å². The van der Waals surface area contributed by atoms with Crippen molar-refractivity contribution in [3.05, 3.63) is 48.4 Å². The van der Waals surface area contributed by atoms with Crippen LogP contribution in [0.1, 0.15) is 10.4 Å². The summed E-state index contributed by atoms with van der Waals surface area (Å²) in [6.07, 6.45) is 5.00. The van der Waals surface area contributed by atoms with Crippen molar-refractivity contribution in [3.8, 4) is 0 Å². The van der Waals surface area contributed by atoms with Crippen molar-refractivity contribution >= 4 is 23.2 Å². The topological polar surface area (TPSA) is 78.7 Å². The number of aromatic nitrogens is 4. The average Bonchev–Trinajstić information content (AvgIpc) is 3.05. The number of fused-ring (bicyclic) bond motifs is 1. The first kappa shape index (κ1) is 15.5. The van der Waals surface area contributed by atoms with Crippen molar-refractivity contribution < 1.29 is 4.79 Å². The highest BCUT2D eigenvalue weighted by atomic mass is 16.1. The molecule has 3 aromatic heterocycles. The number of anilines is 2. The van der Waals surface area contributed by atoms with Crippen LogP contribution in [0, 0.1) is 0 Å². The van der Waals surface area contributed by atoms with Crippen molar-refractivity contribution in [1.29, 1.82) is 0 Å². The van der Waals surface area contributed by atoms with Gasteiger partial charge in [-0.05, 0) is 31.3 Å². The van der Waals surface area contributed by atoms with E-state index in [4.69, 9.17) is 0 Å². The fourth-order valence-electron chi connectivity index (χ4n) is 2.92. The molecule has 3 aromatic rings. The quantitative estimate of drug-likeness (QED) is 0.772. The first-order valence-corrected chi connectivity index (χ1v) is 8.21. The molecule has 1 aliphatic rings. The largest absolute Gasteiger partial charge is 0.366 e. The fourth-order valence-corrected chi connectivity index (χ4v) is 2.92. The number of hydrogen-bond donors (Lipinski definition) is 1. The second-order valence-corrected chi connectivity index (χ2v) is 6.08. The van der Waals surface area contributed by atoms with E-state index in [1.807, 2.05) is 18.3 Å². The molecule has 1 fully saturated rings. The molecule has 0 spiro atoms. The third kappa shape index (κ3) is 3.16. The first-order chi connectivity index (χ1) is 12.2. The van der Waals surface area contributed by atoms with E-state index in [9.17, 15) is 4.79 Å². The number of likely N-dealkylation sites (N-methyl/N-ethyl adjacent to an activating group) is 1. The van der Waals surface area contributed by atoms with Crippen LogP contribution in [0.25, 0.3) is 5.65 Å². The monoisotopic (exact) mass is 337 g/mol. The number of hydrogen-bond acceptors (Lipinski definition) is 6. The molecule has 1 saturated heterocycles. The Morgan fingerprint density at radius 3 is 2.64 bits per heavy atom. The van der Waals surface area contributed by atoms with Crippen LogP contribution in [0.5, 0.6) is 0 Å². The number of nitrogens with one attached hydrogen (secondary N) is 1. The van der Waals surface area contributed by atoms with Gasteiger partial charge in [-0.25, -0.2) is 4.52 Å². The Kier molecular flexibility index (Phi) is 4.02. The van der Waals surface area contributed by atoms with Crippen molar-refractivity contribution in [3.63, 3.8) is 0 Å². The number of amides is 1. The minimum atomic E-state index is -0.251. The summed E-state index contributed by atoms with van der Waals surface area (Å²) in [5.74, 6) is 0.0443. The van der Waals surface area contributed by atoms with Crippen LogP contribution in [0.15, 0.2) is 42.9 Å². The first-order valence-electron chi connectivity index (χ1n) is 8.21. The highest BCUT2D eigenvalue weighted by Crippen LogP contribution is 2.22. The molecule has 1 N–H and O–H groups in total. The predicted octanol–water partition coefficient (Wildman–Crippen LogP) is 1.13. The molecule has 4 heterocycles.